The van der Waals surface area contributed by atoms with E-state index in [1.807, 2.05) is 6.92 Å². The third-order valence-corrected chi connectivity index (χ3v) is 6.31. The fraction of sp³-hybridized carbons (Fsp3) is 0.500. The number of fused-ring (bicyclic) bond motifs is 1. The van der Waals surface area contributed by atoms with Gasteiger partial charge in [-0.15, -0.1) is 5.10 Å². The average molecular weight is 371 g/mol. The zero-order chi connectivity index (χ0) is 18.3. The Morgan fingerprint density at radius 2 is 1.77 bits per heavy atom. The molecule has 3 aromatic rings. The Labute approximate surface area is 158 Å². The van der Waals surface area contributed by atoms with Crippen LogP contribution in [-0.2, 0) is 6.42 Å². The minimum Gasteiger partial charge on any atom is -0.492 e. The topological polar surface area (TPSA) is 53.7 Å². The Hall–Kier alpha value is -1.92. The largest absolute Gasteiger partial charge is 0.492 e. The minimum absolute atomic E-state index is 0.0669. The second-order valence-corrected chi connectivity index (χ2v) is 8.34. The van der Waals surface area contributed by atoms with Gasteiger partial charge in [0.15, 0.2) is 5.82 Å². The first-order valence-electron chi connectivity index (χ1n) is 9.49. The van der Waals surface area contributed by atoms with Crippen molar-refractivity contribution in [3.8, 4) is 5.88 Å². The molecule has 1 fully saturated rings. The molecule has 5 nitrogen and oxygen atoms in total. The lowest BCUT2D eigenvalue weighted by Gasteiger charge is -2.27. The Morgan fingerprint density at radius 3 is 2.35 bits per heavy atom. The summed E-state index contributed by atoms with van der Waals surface area (Å²) in [6.07, 6.45) is 3.19. The van der Waals surface area contributed by atoms with Gasteiger partial charge in [-0.2, -0.15) is 4.52 Å². The van der Waals surface area contributed by atoms with Crippen molar-refractivity contribution in [2.75, 3.05) is 13.1 Å². The van der Waals surface area contributed by atoms with Crippen molar-refractivity contribution in [2.45, 2.75) is 52.0 Å². The molecule has 6 heteroatoms. The number of thiazole rings is 1. The second-order valence-electron chi connectivity index (χ2n) is 7.33. The number of hydrogen-bond acceptors (Lipinski definition) is 5. The van der Waals surface area contributed by atoms with Gasteiger partial charge in [0, 0.05) is 6.42 Å². The van der Waals surface area contributed by atoms with E-state index in [2.05, 4.69) is 53.1 Å². The first-order valence-corrected chi connectivity index (χ1v) is 10.3. The smallest absolute Gasteiger partial charge is 0.230 e. The molecule has 3 heterocycles. The van der Waals surface area contributed by atoms with E-state index in [0.29, 0.717) is 5.92 Å². The molecule has 1 saturated heterocycles. The van der Waals surface area contributed by atoms with Crippen LogP contribution in [0.4, 0.5) is 0 Å². The summed E-state index contributed by atoms with van der Waals surface area (Å²) in [4.78, 5) is 8.73. The number of likely N-dealkylation sites (tertiary alicyclic amines) is 1. The number of nitrogens with zero attached hydrogens (tertiary/aromatic N) is 4. The van der Waals surface area contributed by atoms with Gasteiger partial charge in [0.2, 0.25) is 10.8 Å². The van der Waals surface area contributed by atoms with E-state index in [4.69, 9.17) is 0 Å². The SMILES string of the molecule is CCc1nc2sc(C(c3ccc(C(C)C)cc3)N3CCCC3)c(O)n2n1. The highest BCUT2D eigenvalue weighted by Gasteiger charge is 2.31. The van der Waals surface area contributed by atoms with Gasteiger partial charge in [0.25, 0.3) is 0 Å². The summed E-state index contributed by atoms with van der Waals surface area (Å²) in [5, 5.41) is 15.3. The third kappa shape index (κ3) is 3.01. The van der Waals surface area contributed by atoms with Gasteiger partial charge in [0.1, 0.15) is 0 Å². The Balaban J connectivity index is 1.78. The number of aryl methyl sites for hydroxylation is 1. The van der Waals surface area contributed by atoms with Crippen LogP contribution in [0.3, 0.4) is 0 Å². The van der Waals surface area contributed by atoms with Crippen molar-refractivity contribution in [3.05, 3.63) is 46.1 Å². The highest BCUT2D eigenvalue weighted by molar-refractivity contribution is 7.17. The van der Waals surface area contributed by atoms with Crippen LogP contribution >= 0.6 is 11.3 Å². The van der Waals surface area contributed by atoms with Gasteiger partial charge >= 0.3 is 0 Å². The second kappa shape index (κ2) is 7.00. The summed E-state index contributed by atoms with van der Waals surface area (Å²) in [6.45, 7) is 8.57. The molecule has 0 saturated carbocycles. The van der Waals surface area contributed by atoms with Crippen LogP contribution in [0.1, 0.15) is 67.4 Å². The van der Waals surface area contributed by atoms with Gasteiger partial charge in [-0.05, 0) is 43.0 Å². The highest BCUT2D eigenvalue weighted by atomic mass is 32.1. The van der Waals surface area contributed by atoms with E-state index in [1.54, 1.807) is 15.9 Å². The van der Waals surface area contributed by atoms with Crippen LogP contribution in [0.2, 0.25) is 0 Å². The van der Waals surface area contributed by atoms with Crippen LogP contribution in [0.25, 0.3) is 4.96 Å². The van der Waals surface area contributed by atoms with Crippen LogP contribution in [0.5, 0.6) is 5.88 Å². The molecule has 138 valence electrons. The van der Waals surface area contributed by atoms with Crippen molar-refractivity contribution in [1.29, 1.82) is 0 Å². The molecular formula is C20H26N4OS. The van der Waals surface area contributed by atoms with Crippen LogP contribution < -0.4 is 0 Å². The molecule has 0 aliphatic carbocycles. The average Bonchev–Trinajstić information content (AvgIpc) is 3.35. The molecule has 1 N–H and O–H groups in total. The maximum absolute atomic E-state index is 10.9. The molecule has 1 aliphatic rings. The molecule has 1 unspecified atom stereocenters. The van der Waals surface area contributed by atoms with Crippen molar-refractivity contribution < 1.29 is 5.11 Å². The number of hydrogen-bond donors (Lipinski definition) is 1. The summed E-state index contributed by atoms with van der Waals surface area (Å²) in [7, 11) is 0. The van der Waals surface area contributed by atoms with E-state index in [-0.39, 0.29) is 11.9 Å². The van der Waals surface area contributed by atoms with Gasteiger partial charge in [-0.25, -0.2) is 4.98 Å². The maximum Gasteiger partial charge on any atom is 0.230 e. The Kier molecular flexibility index (Phi) is 4.71. The minimum atomic E-state index is 0.0669. The molecule has 1 aliphatic heterocycles. The van der Waals surface area contributed by atoms with Crippen molar-refractivity contribution in [1.82, 2.24) is 19.5 Å². The van der Waals surface area contributed by atoms with E-state index in [0.717, 1.165) is 35.2 Å². The quantitative estimate of drug-likeness (QED) is 0.725. The summed E-state index contributed by atoms with van der Waals surface area (Å²) in [5.41, 5.74) is 2.57. The molecule has 1 aromatic carbocycles. The Bertz CT molecular complexity index is 891. The Morgan fingerprint density at radius 1 is 1.12 bits per heavy atom. The molecular weight excluding hydrogens is 344 g/mol. The maximum atomic E-state index is 10.9. The molecule has 0 amide bonds. The number of benzene rings is 1. The summed E-state index contributed by atoms with van der Waals surface area (Å²) in [5.74, 6) is 1.53. The van der Waals surface area contributed by atoms with Crippen LogP contribution in [-0.4, -0.2) is 37.7 Å². The summed E-state index contributed by atoms with van der Waals surface area (Å²) >= 11 is 1.56. The first-order chi connectivity index (χ1) is 12.6. The zero-order valence-electron chi connectivity index (χ0n) is 15.6. The molecule has 0 radical (unpaired) electrons. The summed E-state index contributed by atoms with van der Waals surface area (Å²) in [6, 6.07) is 8.92. The number of aromatic nitrogens is 3. The van der Waals surface area contributed by atoms with Crippen molar-refractivity contribution in [3.63, 3.8) is 0 Å². The van der Waals surface area contributed by atoms with Gasteiger partial charge in [-0.3, -0.25) is 4.90 Å². The molecule has 26 heavy (non-hydrogen) atoms. The first kappa shape index (κ1) is 17.5. The molecule has 1 atom stereocenters. The lowest BCUT2D eigenvalue weighted by molar-refractivity contribution is 0.277. The number of aromatic hydroxyl groups is 1. The van der Waals surface area contributed by atoms with Gasteiger partial charge in [0.05, 0.1) is 10.9 Å². The van der Waals surface area contributed by atoms with E-state index in [9.17, 15) is 5.11 Å². The zero-order valence-corrected chi connectivity index (χ0v) is 16.5. The normalized spacial score (nSPS) is 16.8. The predicted octanol–water partition coefficient (Wildman–Crippen LogP) is 4.37. The van der Waals surface area contributed by atoms with Gasteiger partial charge < -0.3 is 5.11 Å². The predicted molar refractivity (Wildman–Crippen MR) is 105 cm³/mol. The van der Waals surface area contributed by atoms with Crippen molar-refractivity contribution >= 4 is 16.3 Å². The van der Waals surface area contributed by atoms with Crippen LogP contribution in [0.15, 0.2) is 24.3 Å². The standard InChI is InChI=1S/C20H26N4OS/c1-4-16-21-20-24(22-16)19(25)18(26-20)17(23-11-5-6-12-23)15-9-7-14(8-10-15)13(2)3/h7-10,13,17,25H,4-6,11-12H2,1-3H3. The van der Waals surface area contributed by atoms with E-state index < -0.39 is 0 Å². The van der Waals surface area contributed by atoms with Crippen LogP contribution in [0, 0.1) is 0 Å². The number of rotatable bonds is 5. The third-order valence-electron chi connectivity index (χ3n) is 5.23. The molecule has 0 spiro atoms. The van der Waals surface area contributed by atoms with E-state index in [1.165, 1.54) is 24.0 Å². The monoisotopic (exact) mass is 370 g/mol. The fourth-order valence-electron chi connectivity index (χ4n) is 3.71. The molecule has 2 aromatic heterocycles. The molecule has 4 rings (SSSR count). The van der Waals surface area contributed by atoms with Gasteiger partial charge in [-0.1, -0.05) is 56.4 Å². The lowest BCUT2D eigenvalue weighted by atomic mass is 9.98. The van der Waals surface area contributed by atoms with E-state index >= 15 is 0 Å². The molecule has 0 bridgehead atoms. The van der Waals surface area contributed by atoms with Crippen molar-refractivity contribution in [2.24, 2.45) is 0 Å². The lowest BCUT2D eigenvalue weighted by Crippen LogP contribution is -2.26. The highest BCUT2D eigenvalue weighted by Crippen LogP contribution is 2.41. The fourth-order valence-corrected chi connectivity index (χ4v) is 4.85. The summed E-state index contributed by atoms with van der Waals surface area (Å²) < 4.78 is 1.60.